The molecule has 2 aromatic rings. The average molecular weight is 285 g/mol. The normalized spacial score (nSPS) is 12.2. The Kier molecular flexibility index (Phi) is 4.46. The molecule has 0 fully saturated rings. The lowest BCUT2D eigenvalue weighted by Crippen LogP contribution is -2.27. The summed E-state index contributed by atoms with van der Waals surface area (Å²) in [5.41, 5.74) is 5.06. The number of rotatable bonds is 4. The number of benzene rings is 1. The number of carbonyl (C=O) groups is 1. The van der Waals surface area contributed by atoms with Gasteiger partial charge >= 0.3 is 0 Å². The highest BCUT2D eigenvalue weighted by atomic mass is 16.1. The fraction of sp³-hybridized carbons (Fsp3) is 0.412. The number of carbonyl (C=O) groups excluding carboxylic acids is 1. The maximum Gasteiger partial charge on any atom is 0.252 e. The third-order valence-corrected chi connectivity index (χ3v) is 3.88. The van der Waals surface area contributed by atoms with E-state index in [0.717, 1.165) is 34.5 Å². The molecule has 0 radical (unpaired) electrons. The highest BCUT2D eigenvalue weighted by Gasteiger charge is 2.17. The summed E-state index contributed by atoms with van der Waals surface area (Å²) >= 11 is 0. The molecule has 0 aliphatic heterocycles. The zero-order valence-corrected chi connectivity index (χ0v) is 13.4. The number of amides is 1. The molecule has 0 spiro atoms. The Hall–Kier alpha value is -2.10. The van der Waals surface area contributed by atoms with Crippen LogP contribution in [0.15, 0.2) is 24.4 Å². The van der Waals surface area contributed by atoms with E-state index in [0.29, 0.717) is 0 Å². The number of hydrogen-bond acceptors (Lipinski definition) is 2. The van der Waals surface area contributed by atoms with E-state index in [1.165, 1.54) is 0 Å². The van der Waals surface area contributed by atoms with Gasteiger partial charge in [-0.1, -0.05) is 17.7 Å². The van der Waals surface area contributed by atoms with E-state index in [4.69, 9.17) is 0 Å². The number of hydrogen-bond donors (Lipinski definition) is 1. The molecule has 112 valence electrons. The van der Waals surface area contributed by atoms with Gasteiger partial charge in [0, 0.05) is 23.4 Å². The van der Waals surface area contributed by atoms with Gasteiger partial charge in [-0.25, -0.2) is 0 Å². The molecule has 1 heterocycles. The van der Waals surface area contributed by atoms with Crippen LogP contribution in [0, 0.1) is 20.8 Å². The standard InChI is InChI=1S/C17H23N3O/c1-6-20-14(5)16(10-18-20)13(4)19-17(21)15-8-7-11(2)9-12(15)3/h7-10,13H,6H2,1-5H3,(H,19,21). The quantitative estimate of drug-likeness (QED) is 0.936. The molecule has 4 nitrogen and oxygen atoms in total. The smallest absolute Gasteiger partial charge is 0.252 e. The van der Waals surface area contributed by atoms with Gasteiger partial charge in [0.25, 0.3) is 5.91 Å². The number of aromatic nitrogens is 2. The molecule has 1 atom stereocenters. The van der Waals surface area contributed by atoms with Crippen LogP contribution in [0.4, 0.5) is 0 Å². The predicted octanol–water partition coefficient (Wildman–Crippen LogP) is 3.32. The Morgan fingerprint density at radius 1 is 1.33 bits per heavy atom. The molecule has 4 heteroatoms. The van der Waals surface area contributed by atoms with Crippen molar-refractivity contribution in [2.45, 2.75) is 47.2 Å². The monoisotopic (exact) mass is 285 g/mol. The summed E-state index contributed by atoms with van der Waals surface area (Å²) in [7, 11) is 0. The maximum absolute atomic E-state index is 12.4. The maximum atomic E-state index is 12.4. The van der Waals surface area contributed by atoms with Crippen molar-refractivity contribution in [3.63, 3.8) is 0 Å². The second kappa shape index (κ2) is 6.12. The van der Waals surface area contributed by atoms with Crippen LogP contribution in [-0.4, -0.2) is 15.7 Å². The fourth-order valence-corrected chi connectivity index (χ4v) is 2.63. The van der Waals surface area contributed by atoms with E-state index < -0.39 is 0 Å². The molecule has 21 heavy (non-hydrogen) atoms. The Balaban J connectivity index is 2.16. The van der Waals surface area contributed by atoms with Gasteiger partial charge < -0.3 is 5.32 Å². The summed E-state index contributed by atoms with van der Waals surface area (Å²) in [6.45, 7) is 10.9. The van der Waals surface area contributed by atoms with Gasteiger partial charge in [0.05, 0.1) is 12.2 Å². The zero-order valence-electron chi connectivity index (χ0n) is 13.4. The van der Waals surface area contributed by atoms with Gasteiger partial charge in [-0.2, -0.15) is 5.10 Å². The molecule has 1 aromatic heterocycles. The average Bonchev–Trinajstić information content (AvgIpc) is 2.79. The fourth-order valence-electron chi connectivity index (χ4n) is 2.63. The molecule has 0 bridgehead atoms. The lowest BCUT2D eigenvalue weighted by atomic mass is 10.0. The van der Waals surface area contributed by atoms with Crippen molar-refractivity contribution in [3.8, 4) is 0 Å². The number of nitrogens with one attached hydrogen (secondary N) is 1. The highest BCUT2D eigenvalue weighted by molar-refractivity contribution is 5.95. The number of aryl methyl sites for hydroxylation is 3. The Morgan fingerprint density at radius 3 is 2.62 bits per heavy atom. The first-order valence-electron chi connectivity index (χ1n) is 7.34. The second-order valence-corrected chi connectivity index (χ2v) is 5.51. The van der Waals surface area contributed by atoms with Gasteiger partial charge in [0.1, 0.15) is 0 Å². The first-order chi connectivity index (χ1) is 9.93. The Morgan fingerprint density at radius 2 is 2.05 bits per heavy atom. The molecular formula is C17H23N3O. The van der Waals surface area contributed by atoms with E-state index in [2.05, 4.69) is 17.3 Å². The summed E-state index contributed by atoms with van der Waals surface area (Å²) < 4.78 is 1.94. The van der Waals surface area contributed by atoms with Crippen molar-refractivity contribution in [1.82, 2.24) is 15.1 Å². The van der Waals surface area contributed by atoms with Crippen LogP contribution in [0.2, 0.25) is 0 Å². The molecule has 1 amide bonds. The predicted molar refractivity (Wildman–Crippen MR) is 84.4 cm³/mol. The molecule has 2 rings (SSSR count). The summed E-state index contributed by atoms with van der Waals surface area (Å²) in [6.07, 6.45) is 1.84. The lowest BCUT2D eigenvalue weighted by molar-refractivity contribution is 0.0939. The lowest BCUT2D eigenvalue weighted by Gasteiger charge is -2.15. The third-order valence-electron chi connectivity index (χ3n) is 3.88. The van der Waals surface area contributed by atoms with Crippen molar-refractivity contribution in [2.75, 3.05) is 0 Å². The topological polar surface area (TPSA) is 46.9 Å². The van der Waals surface area contributed by atoms with E-state index in [-0.39, 0.29) is 11.9 Å². The molecule has 0 aliphatic carbocycles. The highest BCUT2D eigenvalue weighted by Crippen LogP contribution is 2.18. The van der Waals surface area contributed by atoms with E-state index >= 15 is 0 Å². The van der Waals surface area contributed by atoms with Crippen LogP contribution >= 0.6 is 0 Å². The van der Waals surface area contributed by atoms with Crippen molar-refractivity contribution in [3.05, 3.63) is 52.3 Å². The van der Waals surface area contributed by atoms with Crippen LogP contribution in [-0.2, 0) is 6.54 Å². The molecule has 1 aromatic carbocycles. The van der Waals surface area contributed by atoms with Crippen molar-refractivity contribution in [2.24, 2.45) is 0 Å². The zero-order chi connectivity index (χ0) is 15.6. The molecule has 1 unspecified atom stereocenters. The summed E-state index contributed by atoms with van der Waals surface area (Å²) in [4.78, 5) is 12.4. The summed E-state index contributed by atoms with van der Waals surface area (Å²) in [6, 6.07) is 5.82. The van der Waals surface area contributed by atoms with E-state index in [1.54, 1.807) is 0 Å². The van der Waals surface area contributed by atoms with Gasteiger partial charge in [-0.15, -0.1) is 0 Å². The van der Waals surface area contributed by atoms with Gasteiger partial charge in [-0.3, -0.25) is 9.48 Å². The van der Waals surface area contributed by atoms with Crippen LogP contribution in [0.3, 0.4) is 0 Å². The Bertz CT molecular complexity index is 658. The van der Waals surface area contributed by atoms with Crippen molar-refractivity contribution >= 4 is 5.91 Å². The largest absolute Gasteiger partial charge is 0.345 e. The molecular weight excluding hydrogens is 262 g/mol. The van der Waals surface area contributed by atoms with Crippen LogP contribution in [0.5, 0.6) is 0 Å². The Labute approximate surface area is 126 Å². The molecule has 1 N–H and O–H groups in total. The third kappa shape index (κ3) is 3.15. The first kappa shape index (κ1) is 15.3. The molecule has 0 saturated heterocycles. The first-order valence-corrected chi connectivity index (χ1v) is 7.34. The second-order valence-electron chi connectivity index (χ2n) is 5.51. The van der Waals surface area contributed by atoms with E-state index in [9.17, 15) is 4.79 Å². The van der Waals surface area contributed by atoms with E-state index in [1.807, 2.05) is 56.8 Å². The number of nitrogens with zero attached hydrogens (tertiary/aromatic N) is 2. The van der Waals surface area contributed by atoms with Gasteiger partial charge in [0.2, 0.25) is 0 Å². The van der Waals surface area contributed by atoms with Crippen LogP contribution in [0.1, 0.15) is 52.6 Å². The summed E-state index contributed by atoms with van der Waals surface area (Å²) in [5, 5.41) is 7.39. The van der Waals surface area contributed by atoms with Gasteiger partial charge in [-0.05, 0) is 46.2 Å². The minimum Gasteiger partial charge on any atom is -0.345 e. The molecule has 0 aliphatic rings. The minimum absolute atomic E-state index is 0.0383. The van der Waals surface area contributed by atoms with Gasteiger partial charge in [0.15, 0.2) is 0 Å². The van der Waals surface area contributed by atoms with Crippen molar-refractivity contribution < 1.29 is 4.79 Å². The SMILES string of the molecule is CCn1ncc(C(C)NC(=O)c2ccc(C)cc2C)c1C. The summed E-state index contributed by atoms with van der Waals surface area (Å²) in [5.74, 6) is -0.0383. The molecule has 0 saturated carbocycles. The minimum atomic E-state index is -0.0569. The van der Waals surface area contributed by atoms with Crippen LogP contribution < -0.4 is 5.32 Å². The van der Waals surface area contributed by atoms with Crippen molar-refractivity contribution in [1.29, 1.82) is 0 Å². The van der Waals surface area contributed by atoms with Crippen LogP contribution in [0.25, 0.3) is 0 Å².